The Kier molecular flexibility index (Phi) is 5.62. The van der Waals surface area contributed by atoms with Crippen molar-refractivity contribution in [3.63, 3.8) is 0 Å². The Hall–Kier alpha value is -3.12. The van der Waals surface area contributed by atoms with Gasteiger partial charge in [0.15, 0.2) is 0 Å². The fraction of sp³-hybridized carbons (Fsp3) is 0.304. The second-order valence-corrected chi connectivity index (χ2v) is 7.44. The number of hydrogen-bond acceptors (Lipinski definition) is 4. The third-order valence-electron chi connectivity index (χ3n) is 5.43. The van der Waals surface area contributed by atoms with Crippen LogP contribution in [0.5, 0.6) is 11.5 Å². The zero-order valence-corrected chi connectivity index (χ0v) is 16.6. The van der Waals surface area contributed by atoms with Gasteiger partial charge in [-0.2, -0.15) is 5.10 Å². The topological polar surface area (TPSA) is 68.2 Å². The summed E-state index contributed by atoms with van der Waals surface area (Å²) in [4.78, 5) is 13.3. The third-order valence-corrected chi connectivity index (χ3v) is 5.43. The summed E-state index contributed by atoms with van der Waals surface area (Å²) < 4.78 is 7.89. The molecule has 0 atom stereocenters. The Morgan fingerprint density at radius 2 is 2.00 bits per heavy atom. The molecule has 1 amide bonds. The molecule has 150 valence electrons. The minimum Gasteiger partial charge on any atom is -0.457 e. The summed E-state index contributed by atoms with van der Waals surface area (Å²) in [5.74, 6) is 1.53. The maximum absolute atomic E-state index is 13.3. The molecule has 6 heteroatoms. The van der Waals surface area contributed by atoms with E-state index in [9.17, 15) is 4.79 Å². The molecule has 1 fully saturated rings. The number of para-hydroxylation sites is 1. The predicted molar refractivity (Wildman–Crippen MR) is 112 cm³/mol. The van der Waals surface area contributed by atoms with Crippen molar-refractivity contribution < 1.29 is 9.53 Å². The van der Waals surface area contributed by atoms with Gasteiger partial charge in [-0.25, -0.2) is 0 Å². The lowest BCUT2D eigenvalue weighted by atomic mass is 9.87. The molecule has 0 unspecified atom stereocenters. The number of aryl methyl sites for hydroxylation is 1. The molecule has 3 aromatic rings. The first kappa shape index (κ1) is 19.2. The van der Waals surface area contributed by atoms with Gasteiger partial charge in [0, 0.05) is 24.5 Å². The van der Waals surface area contributed by atoms with Crippen LogP contribution in [0.25, 0.3) is 0 Å². The first-order valence-corrected chi connectivity index (χ1v) is 9.99. The van der Waals surface area contributed by atoms with Crippen LogP contribution in [-0.2, 0) is 16.9 Å². The minimum absolute atomic E-state index is 0.00643. The van der Waals surface area contributed by atoms with E-state index < -0.39 is 5.54 Å². The van der Waals surface area contributed by atoms with E-state index in [2.05, 4.69) is 15.7 Å². The molecule has 2 N–H and O–H groups in total. The molecule has 0 spiro atoms. The van der Waals surface area contributed by atoms with Crippen LogP contribution in [0.15, 0.2) is 67.0 Å². The minimum atomic E-state index is -0.652. The van der Waals surface area contributed by atoms with Crippen LogP contribution in [-0.4, -0.2) is 28.8 Å². The summed E-state index contributed by atoms with van der Waals surface area (Å²) in [5.41, 5.74) is 1.42. The Morgan fingerprint density at radius 3 is 2.76 bits per heavy atom. The number of aromatic nitrogens is 2. The van der Waals surface area contributed by atoms with E-state index in [1.165, 1.54) is 0 Å². The Labute approximate surface area is 170 Å². The Balaban J connectivity index is 1.50. The Morgan fingerprint density at radius 1 is 1.17 bits per heavy atom. The van der Waals surface area contributed by atoms with E-state index in [1.807, 2.05) is 67.7 Å². The van der Waals surface area contributed by atoms with Gasteiger partial charge in [-0.15, -0.1) is 0 Å². The first-order valence-electron chi connectivity index (χ1n) is 9.99. The van der Waals surface area contributed by atoms with Gasteiger partial charge in [0.25, 0.3) is 0 Å². The second-order valence-electron chi connectivity index (χ2n) is 7.44. The van der Waals surface area contributed by atoms with Gasteiger partial charge in [-0.05, 0) is 62.7 Å². The normalized spacial score (nSPS) is 15.6. The molecule has 0 bridgehead atoms. The first-order chi connectivity index (χ1) is 14.2. The largest absolute Gasteiger partial charge is 0.457 e. The number of nitrogens with one attached hydrogen (secondary N) is 2. The second kappa shape index (κ2) is 8.49. The van der Waals surface area contributed by atoms with E-state index in [-0.39, 0.29) is 5.91 Å². The number of hydrogen-bond donors (Lipinski definition) is 2. The van der Waals surface area contributed by atoms with Crippen molar-refractivity contribution in [3.8, 4) is 11.5 Å². The fourth-order valence-electron chi connectivity index (χ4n) is 3.82. The van der Waals surface area contributed by atoms with Crippen LogP contribution in [0.1, 0.15) is 24.0 Å². The van der Waals surface area contributed by atoms with Gasteiger partial charge < -0.3 is 15.4 Å². The maximum Gasteiger partial charge on any atom is 0.248 e. The number of amides is 1. The summed E-state index contributed by atoms with van der Waals surface area (Å²) in [5, 5.41) is 10.8. The molecule has 0 saturated carbocycles. The van der Waals surface area contributed by atoms with Crippen molar-refractivity contribution in [2.45, 2.75) is 31.8 Å². The molecule has 1 aliphatic heterocycles. The van der Waals surface area contributed by atoms with Crippen LogP contribution < -0.4 is 15.4 Å². The van der Waals surface area contributed by atoms with Crippen molar-refractivity contribution in [1.29, 1.82) is 0 Å². The smallest absolute Gasteiger partial charge is 0.248 e. The molecule has 4 rings (SSSR count). The van der Waals surface area contributed by atoms with E-state index in [0.29, 0.717) is 19.4 Å². The maximum atomic E-state index is 13.3. The number of ether oxygens (including phenoxy) is 1. The van der Waals surface area contributed by atoms with Gasteiger partial charge in [-0.3, -0.25) is 9.48 Å². The molecule has 0 radical (unpaired) electrons. The lowest BCUT2D eigenvalue weighted by molar-refractivity contribution is -0.132. The van der Waals surface area contributed by atoms with E-state index in [4.69, 9.17) is 4.74 Å². The average molecular weight is 390 g/mol. The number of carbonyl (C=O) groups excluding carboxylic acids is 1. The van der Waals surface area contributed by atoms with Crippen LogP contribution in [0.3, 0.4) is 0 Å². The van der Waals surface area contributed by atoms with Crippen LogP contribution in [0, 0.1) is 6.92 Å². The fourth-order valence-corrected chi connectivity index (χ4v) is 3.82. The summed E-state index contributed by atoms with van der Waals surface area (Å²) in [6.07, 6.45) is 5.02. The predicted octanol–water partition coefficient (Wildman–Crippen LogP) is 3.38. The highest BCUT2D eigenvalue weighted by atomic mass is 16.5. The van der Waals surface area contributed by atoms with E-state index >= 15 is 0 Å². The highest BCUT2D eigenvalue weighted by Gasteiger charge is 2.41. The summed E-state index contributed by atoms with van der Waals surface area (Å²) in [7, 11) is 0. The molecule has 2 aromatic carbocycles. The molecule has 1 saturated heterocycles. The zero-order valence-electron chi connectivity index (χ0n) is 16.6. The van der Waals surface area contributed by atoms with Crippen LogP contribution in [0.4, 0.5) is 0 Å². The van der Waals surface area contributed by atoms with Crippen molar-refractivity contribution in [1.82, 2.24) is 20.4 Å². The SMILES string of the molecule is Cc1cccc(Oc2ccccc2CNC(=O)C2(n3cccn3)CCNCC2)c1. The van der Waals surface area contributed by atoms with E-state index in [0.717, 1.165) is 35.7 Å². The van der Waals surface area contributed by atoms with Crippen molar-refractivity contribution in [2.24, 2.45) is 0 Å². The lowest BCUT2D eigenvalue weighted by Gasteiger charge is -2.36. The molecule has 1 aromatic heterocycles. The number of nitrogens with zero attached hydrogens (tertiary/aromatic N) is 2. The van der Waals surface area contributed by atoms with Crippen molar-refractivity contribution in [3.05, 3.63) is 78.1 Å². The quantitative estimate of drug-likeness (QED) is 0.677. The summed E-state index contributed by atoms with van der Waals surface area (Å²) in [6.45, 7) is 4.02. The number of benzene rings is 2. The monoisotopic (exact) mass is 390 g/mol. The van der Waals surface area contributed by atoms with Gasteiger partial charge in [0.05, 0.1) is 0 Å². The average Bonchev–Trinajstić information content (AvgIpc) is 3.29. The highest BCUT2D eigenvalue weighted by Crippen LogP contribution is 2.29. The van der Waals surface area contributed by atoms with E-state index in [1.54, 1.807) is 10.9 Å². The van der Waals surface area contributed by atoms with Crippen LogP contribution in [0.2, 0.25) is 0 Å². The molecule has 1 aliphatic rings. The van der Waals surface area contributed by atoms with Crippen molar-refractivity contribution >= 4 is 5.91 Å². The van der Waals surface area contributed by atoms with Gasteiger partial charge in [0.1, 0.15) is 17.0 Å². The summed E-state index contributed by atoms with van der Waals surface area (Å²) >= 11 is 0. The Bertz CT molecular complexity index is 963. The molecule has 6 nitrogen and oxygen atoms in total. The van der Waals surface area contributed by atoms with Gasteiger partial charge >= 0.3 is 0 Å². The summed E-state index contributed by atoms with van der Waals surface area (Å²) in [6, 6.07) is 17.6. The number of piperidine rings is 1. The third kappa shape index (κ3) is 4.17. The lowest BCUT2D eigenvalue weighted by Crippen LogP contribution is -2.54. The van der Waals surface area contributed by atoms with Crippen LogP contribution >= 0.6 is 0 Å². The number of carbonyl (C=O) groups is 1. The van der Waals surface area contributed by atoms with Gasteiger partial charge in [0.2, 0.25) is 5.91 Å². The van der Waals surface area contributed by atoms with Gasteiger partial charge in [-0.1, -0.05) is 30.3 Å². The molecular formula is C23H26N4O2. The molecule has 2 heterocycles. The standard InChI is InChI=1S/C23H26N4O2/c1-18-6-4-8-20(16-18)29-21-9-3-2-7-19(21)17-25-22(28)23(10-13-24-14-11-23)27-15-5-12-26-27/h2-9,12,15-16,24H,10-11,13-14,17H2,1H3,(H,25,28). The van der Waals surface area contributed by atoms with Crippen molar-refractivity contribution in [2.75, 3.05) is 13.1 Å². The zero-order chi connectivity index (χ0) is 20.1. The molecule has 0 aliphatic carbocycles. The molecule has 29 heavy (non-hydrogen) atoms. The number of rotatable bonds is 6. The highest BCUT2D eigenvalue weighted by molar-refractivity contribution is 5.84. The molecular weight excluding hydrogens is 364 g/mol.